The molecule has 0 spiro atoms. The maximum Gasteiger partial charge on any atom is 0.157 e. The van der Waals surface area contributed by atoms with Gasteiger partial charge in [0.15, 0.2) is 11.6 Å². The molecule has 3 N–H and O–H groups in total. The van der Waals surface area contributed by atoms with Crippen LogP contribution in [0, 0.1) is 0 Å². The molecule has 0 atom stereocenters. The van der Waals surface area contributed by atoms with Gasteiger partial charge in [-0.2, -0.15) is 0 Å². The van der Waals surface area contributed by atoms with Crippen molar-refractivity contribution < 1.29 is 14.2 Å². The highest BCUT2D eigenvalue weighted by atomic mass is 16.5. The highest BCUT2D eigenvalue weighted by molar-refractivity contribution is 5.74. The molecular formula is C14H27N5O3. The number of hydrogen-bond acceptors (Lipinski definition) is 8. The van der Waals surface area contributed by atoms with Crippen molar-refractivity contribution in [3.05, 3.63) is 6.33 Å². The molecule has 0 aliphatic heterocycles. The van der Waals surface area contributed by atoms with Crippen molar-refractivity contribution >= 4 is 17.3 Å². The molecule has 0 radical (unpaired) electrons. The maximum absolute atomic E-state index is 6.20. The highest BCUT2D eigenvalue weighted by Gasteiger charge is 2.14. The van der Waals surface area contributed by atoms with Crippen LogP contribution in [0.4, 0.5) is 17.3 Å². The molecule has 0 bridgehead atoms. The van der Waals surface area contributed by atoms with Crippen LogP contribution >= 0.6 is 0 Å². The number of nitrogen functional groups attached to an aromatic ring is 1. The second-order valence-corrected chi connectivity index (χ2v) is 4.71. The van der Waals surface area contributed by atoms with E-state index in [4.69, 9.17) is 19.9 Å². The van der Waals surface area contributed by atoms with Crippen LogP contribution in [0.1, 0.15) is 6.42 Å². The molecule has 0 saturated heterocycles. The second kappa shape index (κ2) is 11.0. The summed E-state index contributed by atoms with van der Waals surface area (Å²) in [6, 6.07) is 0. The summed E-state index contributed by atoms with van der Waals surface area (Å²) in [5, 5.41) is 3.21. The van der Waals surface area contributed by atoms with Gasteiger partial charge in [-0.1, -0.05) is 0 Å². The van der Waals surface area contributed by atoms with Crippen molar-refractivity contribution in [1.82, 2.24) is 9.97 Å². The van der Waals surface area contributed by atoms with Crippen molar-refractivity contribution in [3.63, 3.8) is 0 Å². The Morgan fingerprint density at radius 1 is 1.05 bits per heavy atom. The molecule has 1 aromatic rings. The van der Waals surface area contributed by atoms with Gasteiger partial charge in [0, 0.05) is 47.6 Å². The minimum atomic E-state index is 0.534. The first-order valence-corrected chi connectivity index (χ1v) is 7.30. The zero-order chi connectivity index (χ0) is 16.2. The van der Waals surface area contributed by atoms with Gasteiger partial charge >= 0.3 is 0 Å². The smallest absolute Gasteiger partial charge is 0.157 e. The van der Waals surface area contributed by atoms with E-state index in [1.54, 1.807) is 21.3 Å². The van der Waals surface area contributed by atoms with Gasteiger partial charge in [0.2, 0.25) is 0 Å². The lowest BCUT2D eigenvalue weighted by molar-refractivity contribution is 0.190. The van der Waals surface area contributed by atoms with Crippen molar-refractivity contribution in [2.24, 2.45) is 0 Å². The Hall–Kier alpha value is -1.64. The number of ether oxygens (including phenoxy) is 3. The van der Waals surface area contributed by atoms with Gasteiger partial charge in [0.05, 0.1) is 13.2 Å². The molecule has 22 heavy (non-hydrogen) atoms. The van der Waals surface area contributed by atoms with Gasteiger partial charge in [-0.3, -0.25) is 0 Å². The predicted molar refractivity (Wildman–Crippen MR) is 87.4 cm³/mol. The number of nitrogens with zero attached hydrogens (tertiary/aromatic N) is 3. The van der Waals surface area contributed by atoms with Crippen molar-refractivity contribution in [2.45, 2.75) is 6.42 Å². The first kappa shape index (κ1) is 18.4. The first-order valence-electron chi connectivity index (χ1n) is 7.30. The summed E-state index contributed by atoms with van der Waals surface area (Å²) in [5.74, 6) is 1.33. The third-order valence-electron chi connectivity index (χ3n) is 3.11. The largest absolute Gasteiger partial charge is 0.393 e. The van der Waals surface area contributed by atoms with E-state index in [0.717, 1.165) is 13.0 Å². The molecule has 1 aromatic heterocycles. The fourth-order valence-electron chi connectivity index (χ4n) is 1.93. The fraction of sp³-hybridized carbons (Fsp3) is 0.714. The number of rotatable bonds is 12. The van der Waals surface area contributed by atoms with Crippen LogP contribution in [0.2, 0.25) is 0 Å². The zero-order valence-corrected chi connectivity index (χ0v) is 13.7. The van der Waals surface area contributed by atoms with E-state index in [1.807, 2.05) is 4.90 Å². The fourth-order valence-corrected chi connectivity index (χ4v) is 1.93. The van der Waals surface area contributed by atoms with E-state index in [1.165, 1.54) is 6.33 Å². The predicted octanol–water partition coefficient (Wildman–Crippen LogP) is 0.606. The van der Waals surface area contributed by atoms with Crippen molar-refractivity contribution in [3.8, 4) is 0 Å². The van der Waals surface area contributed by atoms with Crippen LogP contribution in [-0.4, -0.2) is 70.8 Å². The lowest BCUT2D eigenvalue weighted by Crippen LogP contribution is -2.32. The van der Waals surface area contributed by atoms with E-state index < -0.39 is 0 Å². The summed E-state index contributed by atoms with van der Waals surface area (Å²) in [4.78, 5) is 10.5. The molecule has 8 heteroatoms. The number of hydrogen-bond donors (Lipinski definition) is 2. The summed E-state index contributed by atoms with van der Waals surface area (Å²) in [7, 11) is 5.02. The highest BCUT2D eigenvalue weighted by Crippen LogP contribution is 2.25. The van der Waals surface area contributed by atoms with Gasteiger partial charge in [-0.05, 0) is 6.42 Å². The topological polar surface area (TPSA) is 94.8 Å². The summed E-state index contributed by atoms with van der Waals surface area (Å²) in [5.41, 5.74) is 6.73. The summed E-state index contributed by atoms with van der Waals surface area (Å²) in [6.45, 7) is 3.98. The van der Waals surface area contributed by atoms with Gasteiger partial charge in [0.1, 0.15) is 12.0 Å². The number of nitrogens with two attached hydrogens (primary N) is 1. The Morgan fingerprint density at radius 3 is 2.27 bits per heavy atom. The molecule has 0 amide bonds. The van der Waals surface area contributed by atoms with Crippen LogP contribution in [0.25, 0.3) is 0 Å². The summed E-state index contributed by atoms with van der Waals surface area (Å²) in [6.07, 6.45) is 2.39. The molecule has 0 unspecified atom stereocenters. The quantitative estimate of drug-likeness (QED) is 0.542. The Kier molecular flexibility index (Phi) is 9.20. The molecular weight excluding hydrogens is 286 g/mol. The van der Waals surface area contributed by atoms with Crippen molar-refractivity contribution in [1.29, 1.82) is 0 Å². The minimum Gasteiger partial charge on any atom is -0.393 e. The Bertz CT molecular complexity index is 411. The zero-order valence-electron chi connectivity index (χ0n) is 13.7. The first-order chi connectivity index (χ1) is 10.7. The molecule has 0 aliphatic carbocycles. The summed E-state index contributed by atoms with van der Waals surface area (Å²) < 4.78 is 15.3. The monoisotopic (exact) mass is 313 g/mol. The van der Waals surface area contributed by atoms with Crippen LogP contribution in [-0.2, 0) is 14.2 Å². The standard InChI is InChI=1S/C14H27N5O3/c1-20-8-4-5-16-13-12(15)14(18-11-17-13)19(6-9-21-2)7-10-22-3/h11H,4-10,15H2,1-3H3,(H,16,17,18). The van der Waals surface area contributed by atoms with E-state index in [-0.39, 0.29) is 0 Å². The molecule has 0 aliphatic rings. The van der Waals surface area contributed by atoms with Gasteiger partial charge in [-0.25, -0.2) is 9.97 Å². The summed E-state index contributed by atoms with van der Waals surface area (Å²) >= 11 is 0. The SMILES string of the molecule is COCCCNc1ncnc(N(CCOC)CCOC)c1N. The number of anilines is 3. The average Bonchev–Trinajstić information content (AvgIpc) is 2.53. The minimum absolute atomic E-state index is 0.534. The van der Waals surface area contributed by atoms with E-state index in [2.05, 4.69) is 15.3 Å². The Morgan fingerprint density at radius 2 is 1.68 bits per heavy atom. The molecule has 8 nitrogen and oxygen atoms in total. The average molecular weight is 313 g/mol. The van der Waals surface area contributed by atoms with Gasteiger partial charge in [-0.15, -0.1) is 0 Å². The van der Waals surface area contributed by atoms with Gasteiger partial charge < -0.3 is 30.2 Å². The maximum atomic E-state index is 6.20. The van der Waals surface area contributed by atoms with Gasteiger partial charge in [0.25, 0.3) is 0 Å². The number of nitrogens with one attached hydrogen (secondary N) is 1. The molecule has 0 fully saturated rings. The van der Waals surface area contributed by atoms with Crippen LogP contribution < -0.4 is 16.0 Å². The molecule has 0 aromatic carbocycles. The number of aromatic nitrogens is 2. The molecule has 1 rings (SSSR count). The van der Waals surface area contributed by atoms with E-state index >= 15 is 0 Å². The molecule has 126 valence electrons. The molecule has 0 saturated carbocycles. The molecule has 1 heterocycles. The number of methoxy groups -OCH3 is 3. The lowest BCUT2D eigenvalue weighted by atomic mass is 10.3. The van der Waals surface area contributed by atoms with Crippen molar-refractivity contribution in [2.75, 3.05) is 76.7 Å². The third kappa shape index (κ3) is 6.00. The Labute approximate surface area is 132 Å². The van der Waals surface area contributed by atoms with E-state index in [0.29, 0.717) is 50.2 Å². The van der Waals surface area contributed by atoms with Crippen LogP contribution in [0.3, 0.4) is 0 Å². The van der Waals surface area contributed by atoms with E-state index in [9.17, 15) is 0 Å². The Balaban J connectivity index is 2.76. The normalized spacial score (nSPS) is 10.7. The lowest BCUT2D eigenvalue weighted by Gasteiger charge is -2.25. The van der Waals surface area contributed by atoms with Crippen LogP contribution in [0.5, 0.6) is 0 Å². The second-order valence-electron chi connectivity index (χ2n) is 4.71. The third-order valence-corrected chi connectivity index (χ3v) is 3.11. The van der Waals surface area contributed by atoms with Crippen LogP contribution in [0.15, 0.2) is 6.33 Å².